The van der Waals surface area contributed by atoms with E-state index >= 15 is 0 Å². The van der Waals surface area contributed by atoms with Crippen LogP contribution in [0.25, 0.3) is 10.2 Å². The molecule has 0 unspecified atom stereocenters. The Balaban J connectivity index is 1.90. The van der Waals surface area contributed by atoms with E-state index in [1.165, 1.54) is 26.4 Å². The molecule has 1 heterocycles. The lowest BCUT2D eigenvalue weighted by atomic mass is 10.1. The number of benzene rings is 2. The predicted molar refractivity (Wildman–Crippen MR) is 81.6 cm³/mol. The summed E-state index contributed by atoms with van der Waals surface area (Å²) in [5.41, 5.74) is 4.11. The maximum atomic E-state index is 2.44. The van der Waals surface area contributed by atoms with Crippen LogP contribution in [0.2, 0.25) is 0 Å². The first kappa shape index (κ1) is 12.4. The number of aryl methyl sites for hydroxylation is 4. The van der Waals surface area contributed by atoms with Gasteiger partial charge in [-0.25, -0.2) is 0 Å². The first-order chi connectivity index (χ1) is 9.24. The predicted octanol–water partition coefficient (Wildman–Crippen LogP) is 4.05. The minimum atomic E-state index is 1.05. The van der Waals surface area contributed by atoms with Crippen molar-refractivity contribution >= 4 is 21.6 Å². The molecule has 19 heavy (non-hydrogen) atoms. The largest absolute Gasteiger partial charge is 0.235 e. The van der Waals surface area contributed by atoms with Crippen molar-refractivity contribution in [2.24, 2.45) is 0 Å². The Kier molecular flexibility index (Phi) is 3.34. The minimum absolute atomic E-state index is 1.05. The van der Waals surface area contributed by atoms with Gasteiger partial charge in [-0.3, -0.25) is 0 Å². The van der Waals surface area contributed by atoms with E-state index in [1.54, 1.807) is 0 Å². The van der Waals surface area contributed by atoms with E-state index in [-0.39, 0.29) is 0 Å². The van der Waals surface area contributed by atoms with E-state index in [4.69, 9.17) is 0 Å². The first-order valence-electron chi connectivity index (χ1n) is 6.67. The van der Waals surface area contributed by atoms with Crippen molar-refractivity contribution in [3.05, 3.63) is 64.7 Å². The number of thiazole rings is 1. The van der Waals surface area contributed by atoms with Gasteiger partial charge >= 0.3 is 0 Å². The fraction of sp³-hybridized carbons (Fsp3) is 0.235. The second-order valence-corrected chi connectivity index (χ2v) is 6.21. The van der Waals surface area contributed by atoms with Gasteiger partial charge in [0, 0.05) is 19.4 Å². The monoisotopic (exact) mass is 268 g/mol. The van der Waals surface area contributed by atoms with Crippen LogP contribution >= 0.6 is 11.3 Å². The lowest BCUT2D eigenvalue weighted by Gasteiger charge is -1.99. The lowest BCUT2D eigenvalue weighted by molar-refractivity contribution is -0.672. The zero-order valence-corrected chi connectivity index (χ0v) is 12.2. The normalized spacial score (nSPS) is 11.1. The van der Waals surface area contributed by atoms with Gasteiger partial charge in [-0.15, -0.1) is 0 Å². The number of hydrogen-bond donors (Lipinski definition) is 0. The van der Waals surface area contributed by atoms with Crippen LogP contribution in [0, 0.1) is 13.8 Å². The highest BCUT2D eigenvalue weighted by Crippen LogP contribution is 2.21. The highest BCUT2D eigenvalue weighted by Gasteiger charge is 2.16. The van der Waals surface area contributed by atoms with Gasteiger partial charge in [0.2, 0.25) is 10.5 Å². The van der Waals surface area contributed by atoms with Crippen LogP contribution in [-0.4, -0.2) is 0 Å². The molecule has 96 valence electrons. The molecule has 0 saturated heterocycles. The van der Waals surface area contributed by atoms with Gasteiger partial charge in [-0.2, -0.15) is 4.57 Å². The summed E-state index contributed by atoms with van der Waals surface area (Å²) in [6.45, 7) is 5.42. The van der Waals surface area contributed by atoms with E-state index in [9.17, 15) is 0 Å². The molecule has 0 spiro atoms. The Labute approximate surface area is 118 Å². The number of nitrogens with zero attached hydrogens (tertiary/aromatic N) is 1. The van der Waals surface area contributed by atoms with Crippen LogP contribution in [0.3, 0.4) is 0 Å². The second kappa shape index (κ2) is 5.14. The molecule has 0 radical (unpaired) electrons. The Hall–Kier alpha value is -1.67. The molecule has 1 aromatic heterocycles. The smallest absolute Gasteiger partial charge is 0.186 e. The summed E-state index contributed by atoms with van der Waals surface area (Å²) in [4.78, 5) is 0. The number of hydrogen-bond acceptors (Lipinski definition) is 1. The molecule has 0 atom stereocenters. The van der Waals surface area contributed by atoms with E-state index < -0.39 is 0 Å². The molecule has 1 nitrogen and oxygen atoms in total. The summed E-state index contributed by atoms with van der Waals surface area (Å²) in [5, 5.41) is 1.39. The van der Waals surface area contributed by atoms with Crippen molar-refractivity contribution in [3.8, 4) is 0 Å². The number of rotatable bonds is 3. The molecule has 0 aliphatic rings. The van der Waals surface area contributed by atoms with E-state index in [1.807, 2.05) is 11.3 Å². The fourth-order valence-electron chi connectivity index (χ4n) is 2.47. The van der Waals surface area contributed by atoms with Crippen molar-refractivity contribution < 1.29 is 4.57 Å². The quantitative estimate of drug-likeness (QED) is 0.631. The third-order valence-electron chi connectivity index (χ3n) is 3.51. The van der Waals surface area contributed by atoms with Crippen LogP contribution < -0.4 is 4.57 Å². The molecular weight excluding hydrogens is 250 g/mol. The standard InChI is InChI=1S/C17H18NS/c1-13-8-9-16-17(12-13)19-14(2)18(16)11-10-15-6-4-3-5-7-15/h3-9,12H,10-11H2,1-2H3/q+1. The van der Waals surface area contributed by atoms with Crippen LogP contribution in [0.15, 0.2) is 48.5 Å². The molecule has 0 aliphatic heterocycles. The average molecular weight is 268 g/mol. The van der Waals surface area contributed by atoms with Gasteiger partial charge in [0.05, 0.1) is 0 Å². The average Bonchev–Trinajstić information content (AvgIpc) is 2.72. The van der Waals surface area contributed by atoms with Crippen molar-refractivity contribution in [3.63, 3.8) is 0 Å². The van der Waals surface area contributed by atoms with Gasteiger partial charge < -0.3 is 0 Å². The summed E-state index contributed by atoms with van der Waals surface area (Å²) >= 11 is 1.89. The molecule has 2 heteroatoms. The third kappa shape index (κ3) is 2.54. The Morgan fingerprint density at radius 2 is 1.79 bits per heavy atom. The van der Waals surface area contributed by atoms with Crippen LogP contribution in [0.4, 0.5) is 0 Å². The lowest BCUT2D eigenvalue weighted by Crippen LogP contribution is -2.36. The zero-order chi connectivity index (χ0) is 13.2. The van der Waals surface area contributed by atoms with Gasteiger partial charge in [-0.1, -0.05) is 47.7 Å². The maximum Gasteiger partial charge on any atom is 0.235 e. The Morgan fingerprint density at radius 3 is 2.58 bits per heavy atom. The minimum Gasteiger partial charge on any atom is -0.186 e. The summed E-state index contributed by atoms with van der Waals surface area (Å²) in [6.07, 6.45) is 1.09. The summed E-state index contributed by atoms with van der Waals surface area (Å²) in [7, 11) is 0. The maximum absolute atomic E-state index is 2.44. The van der Waals surface area contributed by atoms with Crippen molar-refractivity contribution in [2.45, 2.75) is 26.8 Å². The van der Waals surface area contributed by atoms with Gasteiger partial charge in [0.1, 0.15) is 4.70 Å². The Morgan fingerprint density at radius 1 is 1.00 bits per heavy atom. The second-order valence-electron chi connectivity index (χ2n) is 4.98. The van der Waals surface area contributed by atoms with E-state index in [2.05, 4.69) is 66.9 Å². The molecule has 0 fully saturated rings. The van der Waals surface area contributed by atoms with Crippen molar-refractivity contribution in [2.75, 3.05) is 0 Å². The van der Waals surface area contributed by atoms with E-state index in [0.29, 0.717) is 0 Å². The van der Waals surface area contributed by atoms with Crippen LogP contribution in [0.1, 0.15) is 16.1 Å². The highest BCUT2D eigenvalue weighted by molar-refractivity contribution is 7.18. The molecule has 2 aromatic carbocycles. The Bertz CT molecular complexity index is 698. The van der Waals surface area contributed by atoms with Crippen molar-refractivity contribution in [1.29, 1.82) is 0 Å². The summed E-state index contributed by atoms with van der Waals surface area (Å²) in [6, 6.07) is 17.4. The van der Waals surface area contributed by atoms with E-state index in [0.717, 1.165) is 13.0 Å². The zero-order valence-electron chi connectivity index (χ0n) is 11.4. The fourth-order valence-corrected chi connectivity index (χ4v) is 3.62. The van der Waals surface area contributed by atoms with Crippen LogP contribution in [-0.2, 0) is 13.0 Å². The molecule has 3 rings (SSSR count). The molecule has 3 aromatic rings. The molecule has 0 saturated carbocycles. The SMILES string of the molecule is Cc1ccc2c(c1)sc(C)[n+]2CCc1ccccc1. The third-order valence-corrected chi connectivity index (χ3v) is 4.57. The number of aromatic nitrogens is 1. The summed E-state index contributed by atoms with van der Waals surface area (Å²) in [5.74, 6) is 0. The molecule has 0 aliphatic carbocycles. The topological polar surface area (TPSA) is 3.88 Å². The summed E-state index contributed by atoms with van der Waals surface area (Å²) < 4.78 is 3.83. The van der Waals surface area contributed by atoms with Crippen LogP contribution in [0.5, 0.6) is 0 Å². The molecule has 0 amide bonds. The van der Waals surface area contributed by atoms with Gasteiger partial charge in [0.15, 0.2) is 6.54 Å². The highest BCUT2D eigenvalue weighted by atomic mass is 32.1. The van der Waals surface area contributed by atoms with Gasteiger partial charge in [0.25, 0.3) is 0 Å². The first-order valence-corrected chi connectivity index (χ1v) is 7.49. The molecular formula is C17H18NS+. The molecule has 0 N–H and O–H groups in total. The van der Waals surface area contributed by atoms with Gasteiger partial charge in [-0.05, 0) is 24.1 Å². The number of fused-ring (bicyclic) bond motifs is 1. The van der Waals surface area contributed by atoms with Crippen molar-refractivity contribution in [1.82, 2.24) is 0 Å². The molecule has 0 bridgehead atoms.